The normalized spacial score (nSPS) is 11.0. The molecule has 0 aliphatic heterocycles. The van der Waals surface area contributed by atoms with E-state index in [1.807, 2.05) is 6.20 Å². The van der Waals surface area contributed by atoms with E-state index in [2.05, 4.69) is 32.9 Å². The van der Waals surface area contributed by atoms with Crippen LogP contribution in [0.5, 0.6) is 0 Å². The standard InChI is InChI=1S/C10H8Cl2FIN2/c11-5-3-7(15-2-1-13)8-6(14)4-16-10(8)9(5)12/h3-4,15-16H,1-2H2. The molecule has 0 bridgehead atoms. The first-order valence-electron chi connectivity index (χ1n) is 4.59. The van der Waals surface area contributed by atoms with Crippen LogP contribution in [0, 0.1) is 3.57 Å². The van der Waals surface area contributed by atoms with Crippen LogP contribution < -0.4 is 5.32 Å². The fraction of sp³-hybridized carbons (Fsp3) is 0.200. The van der Waals surface area contributed by atoms with E-state index in [0.29, 0.717) is 10.0 Å². The molecule has 0 atom stereocenters. The Hall–Kier alpha value is -0.200. The van der Waals surface area contributed by atoms with Crippen molar-refractivity contribution < 1.29 is 4.39 Å². The minimum atomic E-state index is -0.428. The lowest BCUT2D eigenvalue weighted by molar-refractivity contribution is 0.513. The number of aromatic nitrogens is 1. The Kier molecular flexibility index (Phi) is 3.81. The van der Waals surface area contributed by atoms with Gasteiger partial charge in [-0.15, -0.1) is 0 Å². The molecule has 0 spiro atoms. The van der Waals surface area contributed by atoms with Gasteiger partial charge in [0.2, 0.25) is 0 Å². The first-order valence-corrected chi connectivity index (χ1v) is 6.43. The molecule has 2 aromatic rings. The molecule has 1 aromatic heterocycles. The van der Waals surface area contributed by atoms with Gasteiger partial charge in [-0.2, -0.15) is 0 Å². The zero-order valence-electron chi connectivity index (χ0n) is 8.08. The Labute approximate surface area is 116 Å². The maximum absolute atomic E-state index is 12.2. The Morgan fingerprint density at radius 2 is 2.19 bits per heavy atom. The molecule has 86 valence electrons. The summed E-state index contributed by atoms with van der Waals surface area (Å²) in [5, 5.41) is 4.88. The van der Waals surface area contributed by atoms with Crippen molar-refractivity contribution in [2.45, 2.75) is 0 Å². The number of rotatable bonds is 3. The minimum Gasteiger partial charge on any atom is -0.382 e. The van der Waals surface area contributed by atoms with Crippen LogP contribution in [0.25, 0.3) is 10.9 Å². The number of halogens is 4. The highest BCUT2D eigenvalue weighted by Gasteiger charge is 2.13. The number of H-pyrrole nitrogens is 1. The van der Waals surface area contributed by atoms with Gasteiger partial charge in [0.15, 0.2) is 0 Å². The number of nitrogens with one attached hydrogen (secondary N) is 2. The molecule has 2 nitrogen and oxygen atoms in total. The summed E-state index contributed by atoms with van der Waals surface area (Å²) in [5.41, 5.74) is 1.58. The summed E-state index contributed by atoms with van der Waals surface area (Å²) in [4.78, 5) is 3.06. The number of alkyl halides is 1. The van der Waals surface area contributed by atoms with E-state index >= 15 is 0 Å². The summed E-state index contributed by atoms with van der Waals surface area (Å²) < 4.78 is 13.2. The van der Waals surface area contributed by atoms with Crippen LogP contribution in [0.15, 0.2) is 12.3 Å². The molecule has 6 heteroatoms. The quantitative estimate of drug-likeness (QED) is 0.765. The first-order chi connectivity index (χ1) is 7.65. The maximum atomic E-state index is 12.2. The lowest BCUT2D eigenvalue weighted by Gasteiger charge is -2.08. The van der Waals surface area contributed by atoms with E-state index in [0.717, 1.165) is 20.2 Å². The predicted octanol–water partition coefficient (Wildman–Crippen LogP) is 4.46. The lowest BCUT2D eigenvalue weighted by Crippen LogP contribution is -2.03. The minimum absolute atomic E-state index is 0.258. The maximum Gasteiger partial charge on any atom is 0.107 e. The Morgan fingerprint density at radius 1 is 1.44 bits per heavy atom. The molecular weight excluding hydrogens is 365 g/mol. The van der Waals surface area contributed by atoms with E-state index in [-0.39, 0.29) is 6.54 Å². The third-order valence-corrected chi connectivity index (χ3v) is 3.85. The second kappa shape index (κ2) is 4.98. The van der Waals surface area contributed by atoms with Crippen molar-refractivity contribution in [1.82, 2.24) is 4.98 Å². The van der Waals surface area contributed by atoms with Gasteiger partial charge in [-0.3, -0.25) is 0 Å². The summed E-state index contributed by atoms with van der Waals surface area (Å²) in [6.07, 6.45) is 1.84. The van der Waals surface area contributed by atoms with Gasteiger partial charge < -0.3 is 10.3 Å². The van der Waals surface area contributed by atoms with Crippen LogP contribution in [-0.2, 0) is 0 Å². The molecule has 0 aliphatic carbocycles. The van der Waals surface area contributed by atoms with Gasteiger partial charge in [0.1, 0.15) is 6.67 Å². The van der Waals surface area contributed by atoms with E-state index < -0.39 is 6.67 Å². The smallest absolute Gasteiger partial charge is 0.107 e. The first kappa shape index (κ1) is 12.3. The van der Waals surface area contributed by atoms with Crippen LogP contribution in [-0.4, -0.2) is 18.2 Å². The van der Waals surface area contributed by atoms with Crippen LogP contribution in [0.1, 0.15) is 0 Å². The third-order valence-electron chi connectivity index (χ3n) is 2.21. The summed E-state index contributed by atoms with van der Waals surface area (Å²) in [7, 11) is 0. The summed E-state index contributed by atoms with van der Waals surface area (Å²) in [5.74, 6) is 0. The number of hydrogen-bond donors (Lipinski definition) is 2. The lowest BCUT2D eigenvalue weighted by atomic mass is 10.2. The van der Waals surface area contributed by atoms with Crippen molar-refractivity contribution in [3.8, 4) is 0 Å². The van der Waals surface area contributed by atoms with Crippen LogP contribution in [0.4, 0.5) is 10.1 Å². The fourth-order valence-corrected chi connectivity index (χ4v) is 2.66. The fourth-order valence-electron chi connectivity index (χ4n) is 1.54. The molecule has 0 aliphatic rings. The van der Waals surface area contributed by atoms with Gasteiger partial charge in [0.05, 0.1) is 15.6 Å². The van der Waals surface area contributed by atoms with Crippen molar-refractivity contribution in [2.75, 3.05) is 18.5 Å². The van der Waals surface area contributed by atoms with Gasteiger partial charge in [0.25, 0.3) is 0 Å². The highest BCUT2D eigenvalue weighted by molar-refractivity contribution is 14.1. The molecule has 0 saturated heterocycles. The average molecular weight is 373 g/mol. The molecule has 16 heavy (non-hydrogen) atoms. The van der Waals surface area contributed by atoms with Crippen molar-refractivity contribution in [3.63, 3.8) is 0 Å². The molecule has 0 unspecified atom stereocenters. The van der Waals surface area contributed by atoms with Crippen molar-refractivity contribution in [2.24, 2.45) is 0 Å². The van der Waals surface area contributed by atoms with Gasteiger partial charge in [-0.25, -0.2) is 4.39 Å². The van der Waals surface area contributed by atoms with E-state index in [4.69, 9.17) is 23.2 Å². The molecular formula is C10H8Cl2FIN2. The van der Waals surface area contributed by atoms with Crippen LogP contribution >= 0.6 is 45.8 Å². The number of hydrogen-bond acceptors (Lipinski definition) is 1. The Bertz CT molecular complexity index is 527. The topological polar surface area (TPSA) is 27.8 Å². The summed E-state index contributed by atoms with van der Waals surface area (Å²) >= 11 is 14.3. The van der Waals surface area contributed by atoms with Gasteiger partial charge in [0, 0.05) is 27.4 Å². The predicted molar refractivity (Wildman–Crippen MR) is 75.5 cm³/mol. The summed E-state index contributed by atoms with van der Waals surface area (Å²) in [6.45, 7) is -0.170. The monoisotopic (exact) mass is 372 g/mol. The Morgan fingerprint density at radius 3 is 2.88 bits per heavy atom. The molecule has 1 aromatic carbocycles. The van der Waals surface area contributed by atoms with Crippen molar-refractivity contribution in [1.29, 1.82) is 0 Å². The van der Waals surface area contributed by atoms with Gasteiger partial charge in [-0.05, 0) is 28.7 Å². The molecule has 1 heterocycles. The highest BCUT2D eigenvalue weighted by atomic mass is 127. The summed E-state index contributed by atoms with van der Waals surface area (Å²) in [6, 6.07) is 1.72. The zero-order chi connectivity index (χ0) is 11.7. The van der Waals surface area contributed by atoms with E-state index in [9.17, 15) is 4.39 Å². The molecule has 2 rings (SSSR count). The largest absolute Gasteiger partial charge is 0.382 e. The number of benzene rings is 1. The molecule has 0 fully saturated rings. The van der Waals surface area contributed by atoms with E-state index in [1.54, 1.807) is 6.07 Å². The van der Waals surface area contributed by atoms with Crippen molar-refractivity contribution >= 4 is 62.4 Å². The SMILES string of the molecule is FCCNc1cc(Cl)c(Cl)c2[nH]cc(I)c12. The third kappa shape index (κ3) is 2.10. The Balaban J connectivity index is 2.62. The van der Waals surface area contributed by atoms with Gasteiger partial charge >= 0.3 is 0 Å². The average Bonchev–Trinajstić information content (AvgIpc) is 2.64. The molecule has 2 N–H and O–H groups in total. The number of aromatic amines is 1. The van der Waals surface area contributed by atoms with Crippen molar-refractivity contribution in [3.05, 3.63) is 25.9 Å². The molecule has 0 saturated carbocycles. The second-order valence-electron chi connectivity index (χ2n) is 3.22. The van der Waals surface area contributed by atoms with Crippen LogP contribution in [0.3, 0.4) is 0 Å². The number of anilines is 1. The molecule has 0 radical (unpaired) electrons. The van der Waals surface area contributed by atoms with Gasteiger partial charge in [-0.1, -0.05) is 23.2 Å². The van der Waals surface area contributed by atoms with E-state index in [1.165, 1.54) is 0 Å². The highest BCUT2D eigenvalue weighted by Crippen LogP contribution is 2.37. The zero-order valence-corrected chi connectivity index (χ0v) is 11.8. The molecule has 0 amide bonds. The van der Waals surface area contributed by atoms with Crippen LogP contribution in [0.2, 0.25) is 10.0 Å². The number of fused-ring (bicyclic) bond motifs is 1. The second-order valence-corrected chi connectivity index (χ2v) is 5.17.